The smallest absolute Gasteiger partial charge is 0.214 e. The van der Waals surface area contributed by atoms with E-state index in [0.29, 0.717) is 6.54 Å². The fraction of sp³-hybridized carbons (Fsp3) is 0.154. The van der Waals surface area contributed by atoms with Crippen LogP contribution in [0.25, 0.3) is 0 Å². The van der Waals surface area contributed by atoms with Gasteiger partial charge in [0, 0.05) is 24.1 Å². The van der Waals surface area contributed by atoms with E-state index in [1.165, 1.54) is 11.3 Å². The molecule has 1 aliphatic heterocycles. The molecule has 3 rings (SSSR count). The van der Waals surface area contributed by atoms with E-state index in [-0.39, 0.29) is 0 Å². The number of nitrogens with zero attached hydrogens (tertiary/aromatic N) is 2. The molecule has 0 saturated heterocycles. The Bertz CT molecular complexity index is 530. The van der Waals surface area contributed by atoms with Crippen molar-refractivity contribution in [1.29, 1.82) is 0 Å². The van der Waals surface area contributed by atoms with Crippen molar-refractivity contribution >= 4 is 12.1 Å². The van der Waals surface area contributed by atoms with Gasteiger partial charge in [-0.05, 0) is 23.8 Å². The molecule has 1 aromatic heterocycles. The third-order valence-corrected chi connectivity index (χ3v) is 3.02. The van der Waals surface area contributed by atoms with Gasteiger partial charge in [0.2, 0.25) is 6.41 Å². The lowest BCUT2D eigenvalue weighted by atomic mass is 10.1. The maximum Gasteiger partial charge on any atom is 0.214 e. The predicted molar refractivity (Wildman–Crippen MR) is 62.2 cm³/mol. The molecule has 2 heterocycles. The van der Waals surface area contributed by atoms with Crippen LogP contribution in [-0.2, 0) is 17.9 Å². The number of para-hydroxylation sites is 1. The number of aromatic nitrogens is 1. The third-order valence-electron chi connectivity index (χ3n) is 3.02. The zero-order valence-electron chi connectivity index (χ0n) is 8.84. The van der Waals surface area contributed by atoms with Crippen LogP contribution in [0.15, 0.2) is 42.6 Å². The molecule has 1 aromatic carbocycles. The summed E-state index contributed by atoms with van der Waals surface area (Å²) in [4.78, 5) is 12.9. The molecule has 3 heteroatoms. The van der Waals surface area contributed by atoms with E-state index in [1.807, 2.05) is 24.3 Å². The van der Waals surface area contributed by atoms with E-state index >= 15 is 0 Å². The van der Waals surface area contributed by atoms with Crippen LogP contribution in [0, 0.1) is 0 Å². The number of carbonyl (C=O) groups excluding carboxylic acids is 1. The van der Waals surface area contributed by atoms with E-state index in [1.54, 1.807) is 4.90 Å². The van der Waals surface area contributed by atoms with Crippen LogP contribution in [0.1, 0.15) is 11.3 Å². The number of amides is 1. The first-order valence-electron chi connectivity index (χ1n) is 5.32. The van der Waals surface area contributed by atoms with Gasteiger partial charge in [-0.15, -0.1) is 0 Å². The highest BCUT2D eigenvalue weighted by atomic mass is 16.1. The summed E-state index contributed by atoms with van der Waals surface area (Å²) in [5.41, 5.74) is 3.37. The Kier molecular flexibility index (Phi) is 2.03. The first-order valence-corrected chi connectivity index (χ1v) is 5.32. The molecule has 0 unspecified atom stereocenters. The first kappa shape index (κ1) is 9.21. The first-order chi connectivity index (χ1) is 7.88. The number of hydrogen-bond acceptors (Lipinski definition) is 1. The van der Waals surface area contributed by atoms with Crippen LogP contribution in [0.2, 0.25) is 0 Å². The SMILES string of the molecule is O=CN1Cc2cccn2Cc2ccccc21. The molecule has 0 fully saturated rings. The highest BCUT2D eigenvalue weighted by Gasteiger charge is 2.17. The molecule has 0 atom stereocenters. The van der Waals surface area contributed by atoms with Crippen LogP contribution in [0.4, 0.5) is 5.69 Å². The quantitative estimate of drug-likeness (QED) is 0.664. The second-order valence-electron chi connectivity index (χ2n) is 3.99. The Labute approximate surface area is 93.9 Å². The lowest BCUT2D eigenvalue weighted by Crippen LogP contribution is -2.20. The van der Waals surface area contributed by atoms with Gasteiger partial charge in [-0.1, -0.05) is 18.2 Å². The minimum atomic E-state index is 0.646. The van der Waals surface area contributed by atoms with Crippen molar-refractivity contribution in [2.75, 3.05) is 4.90 Å². The van der Waals surface area contributed by atoms with Gasteiger partial charge >= 0.3 is 0 Å². The second kappa shape index (κ2) is 3.52. The summed E-state index contributed by atoms with van der Waals surface area (Å²) in [5, 5.41) is 0. The largest absolute Gasteiger partial charge is 0.345 e. The molecule has 1 amide bonds. The number of fused-ring (bicyclic) bond motifs is 2. The van der Waals surface area contributed by atoms with Crippen molar-refractivity contribution in [2.24, 2.45) is 0 Å². The predicted octanol–water partition coefficient (Wildman–Crippen LogP) is 2.01. The van der Waals surface area contributed by atoms with Crippen molar-refractivity contribution in [2.45, 2.75) is 13.1 Å². The zero-order chi connectivity index (χ0) is 11.0. The Morgan fingerprint density at radius 2 is 1.94 bits per heavy atom. The molecule has 0 N–H and O–H groups in total. The maximum atomic E-state index is 11.1. The number of carbonyl (C=O) groups is 1. The number of hydrogen-bond donors (Lipinski definition) is 0. The van der Waals surface area contributed by atoms with Crippen molar-refractivity contribution in [3.63, 3.8) is 0 Å². The van der Waals surface area contributed by atoms with Crippen molar-refractivity contribution in [1.82, 2.24) is 4.57 Å². The lowest BCUT2D eigenvalue weighted by molar-refractivity contribution is -0.107. The number of benzene rings is 1. The van der Waals surface area contributed by atoms with Gasteiger partial charge in [0.05, 0.1) is 6.54 Å². The molecule has 0 radical (unpaired) electrons. The van der Waals surface area contributed by atoms with Gasteiger partial charge in [-0.3, -0.25) is 4.79 Å². The van der Waals surface area contributed by atoms with Gasteiger partial charge < -0.3 is 9.47 Å². The molecular formula is C13H12N2O. The molecule has 0 spiro atoms. The topological polar surface area (TPSA) is 25.2 Å². The van der Waals surface area contributed by atoms with Crippen molar-refractivity contribution < 1.29 is 4.79 Å². The molecule has 16 heavy (non-hydrogen) atoms. The molecule has 0 aliphatic carbocycles. The Morgan fingerprint density at radius 3 is 2.81 bits per heavy atom. The molecule has 80 valence electrons. The summed E-state index contributed by atoms with van der Waals surface area (Å²) >= 11 is 0. The monoisotopic (exact) mass is 212 g/mol. The zero-order valence-corrected chi connectivity index (χ0v) is 8.84. The van der Waals surface area contributed by atoms with E-state index in [0.717, 1.165) is 18.6 Å². The number of anilines is 1. The van der Waals surface area contributed by atoms with Crippen LogP contribution >= 0.6 is 0 Å². The highest BCUT2D eigenvalue weighted by Crippen LogP contribution is 2.26. The maximum absolute atomic E-state index is 11.1. The fourth-order valence-corrected chi connectivity index (χ4v) is 2.21. The third kappa shape index (κ3) is 1.33. The van der Waals surface area contributed by atoms with E-state index in [2.05, 4.69) is 22.9 Å². The Balaban J connectivity index is 2.16. The standard InChI is InChI=1S/C13H12N2O/c16-10-15-9-12-5-3-7-14(12)8-11-4-1-2-6-13(11)15/h1-7,10H,8-9H2. The molecule has 1 aliphatic rings. The van der Waals surface area contributed by atoms with E-state index < -0.39 is 0 Å². The summed E-state index contributed by atoms with van der Waals surface area (Å²) in [5.74, 6) is 0. The second-order valence-corrected chi connectivity index (χ2v) is 3.99. The summed E-state index contributed by atoms with van der Waals surface area (Å²) in [6.07, 6.45) is 2.96. The van der Waals surface area contributed by atoms with Gasteiger partial charge in [0.25, 0.3) is 0 Å². The Morgan fingerprint density at radius 1 is 1.06 bits per heavy atom. The van der Waals surface area contributed by atoms with Crippen molar-refractivity contribution in [3.05, 3.63) is 53.9 Å². The van der Waals surface area contributed by atoms with Gasteiger partial charge in [0.15, 0.2) is 0 Å². The van der Waals surface area contributed by atoms with E-state index in [9.17, 15) is 4.79 Å². The van der Waals surface area contributed by atoms with Crippen LogP contribution in [0.5, 0.6) is 0 Å². The molecule has 0 saturated carbocycles. The van der Waals surface area contributed by atoms with E-state index in [4.69, 9.17) is 0 Å². The summed E-state index contributed by atoms with van der Waals surface area (Å²) in [6, 6.07) is 12.1. The van der Waals surface area contributed by atoms with Gasteiger partial charge in [-0.25, -0.2) is 0 Å². The molecule has 0 bridgehead atoms. The normalized spacial score (nSPS) is 13.9. The summed E-state index contributed by atoms with van der Waals surface area (Å²) in [6.45, 7) is 1.48. The van der Waals surface area contributed by atoms with Gasteiger partial charge in [0.1, 0.15) is 0 Å². The average molecular weight is 212 g/mol. The number of rotatable bonds is 1. The fourth-order valence-electron chi connectivity index (χ4n) is 2.21. The van der Waals surface area contributed by atoms with Crippen molar-refractivity contribution in [3.8, 4) is 0 Å². The molecule has 2 aromatic rings. The average Bonchev–Trinajstić information content (AvgIpc) is 2.68. The van der Waals surface area contributed by atoms with Crippen LogP contribution < -0.4 is 4.90 Å². The minimum Gasteiger partial charge on any atom is -0.345 e. The highest BCUT2D eigenvalue weighted by molar-refractivity contribution is 5.77. The molecular weight excluding hydrogens is 200 g/mol. The Hall–Kier alpha value is -2.03. The minimum absolute atomic E-state index is 0.646. The van der Waals surface area contributed by atoms with Crippen LogP contribution in [-0.4, -0.2) is 11.0 Å². The lowest BCUT2D eigenvalue weighted by Gasteiger charge is -2.16. The van der Waals surface area contributed by atoms with Gasteiger partial charge in [-0.2, -0.15) is 0 Å². The molecule has 3 nitrogen and oxygen atoms in total. The summed E-state index contributed by atoms with van der Waals surface area (Å²) in [7, 11) is 0. The van der Waals surface area contributed by atoms with Crippen LogP contribution in [0.3, 0.4) is 0 Å². The summed E-state index contributed by atoms with van der Waals surface area (Å²) < 4.78 is 2.18.